The molecule has 0 bridgehead atoms. The van der Waals surface area contributed by atoms with Crippen LogP contribution in [0, 0.1) is 25.2 Å². The lowest BCUT2D eigenvalue weighted by Crippen LogP contribution is -2.13. The largest absolute Gasteiger partial charge is 0.488 e. The average molecular weight is 496 g/mol. The Morgan fingerprint density at radius 3 is 2.58 bits per heavy atom. The lowest BCUT2D eigenvalue weighted by atomic mass is 10.1. The number of carbonyl (C=O) groups excluding carboxylic acids is 1. The van der Waals surface area contributed by atoms with E-state index in [-0.39, 0.29) is 5.57 Å². The number of ether oxygens (including phenoxy) is 1. The van der Waals surface area contributed by atoms with E-state index in [1.807, 2.05) is 12.1 Å². The highest BCUT2D eigenvalue weighted by Crippen LogP contribution is 2.28. The molecule has 4 nitrogen and oxygen atoms in total. The first-order valence-corrected chi connectivity index (χ1v) is 10.7. The summed E-state index contributed by atoms with van der Waals surface area (Å²) >= 11 is 9.57. The van der Waals surface area contributed by atoms with Crippen molar-refractivity contribution in [3.8, 4) is 11.8 Å². The summed E-state index contributed by atoms with van der Waals surface area (Å²) in [6.07, 6.45) is 1.52. The number of hydrogen-bond donors (Lipinski definition) is 1. The molecule has 0 heterocycles. The van der Waals surface area contributed by atoms with Crippen molar-refractivity contribution in [2.45, 2.75) is 20.5 Å². The van der Waals surface area contributed by atoms with Crippen LogP contribution in [0.15, 0.2) is 70.7 Å². The Hall–Kier alpha value is -3.07. The number of nitrogens with zero attached hydrogens (tertiary/aromatic N) is 1. The number of nitriles is 1. The molecular weight excluding hydrogens is 476 g/mol. The summed E-state index contributed by atoms with van der Waals surface area (Å²) in [6.45, 7) is 4.59. The molecule has 0 saturated heterocycles. The number of carbonyl (C=O) groups is 1. The van der Waals surface area contributed by atoms with Gasteiger partial charge in [-0.2, -0.15) is 5.26 Å². The number of rotatable bonds is 6. The van der Waals surface area contributed by atoms with Gasteiger partial charge in [-0.25, -0.2) is 0 Å². The molecule has 1 N–H and O–H groups in total. The molecule has 0 saturated carbocycles. The van der Waals surface area contributed by atoms with Crippen molar-refractivity contribution in [1.29, 1.82) is 5.26 Å². The summed E-state index contributed by atoms with van der Waals surface area (Å²) in [5.41, 5.74) is 4.66. The topological polar surface area (TPSA) is 62.1 Å². The Morgan fingerprint density at radius 2 is 1.90 bits per heavy atom. The molecule has 0 aromatic heterocycles. The molecule has 3 aromatic rings. The van der Waals surface area contributed by atoms with Gasteiger partial charge < -0.3 is 10.1 Å². The Kier molecular flexibility index (Phi) is 7.51. The molecule has 0 aliphatic rings. The molecule has 0 aliphatic carbocycles. The van der Waals surface area contributed by atoms with Crippen molar-refractivity contribution in [2.75, 3.05) is 5.32 Å². The zero-order chi connectivity index (χ0) is 22.4. The third-order valence-corrected chi connectivity index (χ3v) is 5.67. The minimum absolute atomic E-state index is 0.0318. The summed E-state index contributed by atoms with van der Waals surface area (Å²) in [6, 6.07) is 20.4. The van der Waals surface area contributed by atoms with E-state index in [0.717, 1.165) is 10.0 Å². The van der Waals surface area contributed by atoms with E-state index in [4.69, 9.17) is 16.3 Å². The maximum atomic E-state index is 12.5. The first-order chi connectivity index (χ1) is 14.9. The van der Waals surface area contributed by atoms with Gasteiger partial charge in [0, 0.05) is 0 Å². The van der Waals surface area contributed by atoms with Crippen molar-refractivity contribution in [1.82, 2.24) is 0 Å². The molecule has 6 heteroatoms. The fourth-order valence-corrected chi connectivity index (χ4v) is 3.54. The van der Waals surface area contributed by atoms with E-state index in [1.165, 1.54) is 17.2 Å². The molecule has 156 valence electrons. The van der Waals surface area contributed by atoms with Crippen LogP contribution in [0.25, 0.3) is 6.08 Å². The minimum Gasteiger partial charge on any atom is -0.488 e. The zero-order valence-electron chi connectivity index (χ0n) is 17.1. The lowest BCUT2D eigenvalue weighted by Gasteiger charge is -2.10. The SMILES string of the molecule is Cc1ccc(COc2ccc(/C=C(\C#N)C(=O)Nc3ccccc3Cl)cc2Br)cc1C. The van der Waals surface area contributed by atoms with Crippen molar-refractivity contribution >= 4 is 45.2 Å². The van der Waals surface area contributed by atoms with Crippen LogP contribution in [0.4, 0.5) is 5.69 Å². The predicted octanol–water partition coefficient (Wildman–Crippen LogP) is 6.84. The fourth-order valence-electron chi connectivity index (χ4n) is 2.85. The number of nitrogens with one attached hydrogen (secondary N) is 1. The molecule has 31 heavy (non-hydrogen) atoms. The fraction of sp³-hybridized carbons (Fsp3) is 0.120. The number of benzene rings is 3. The molecule has 0 fully saturated rings. The summed E-state index contributed by atoms with van der Waals surface area (Å²) < 4.78 is 6.65. The maximum Gasteiger partial charge on any atom is 0.266 e. The average Bonchev–Trinajstić information content (AvgIpc) is 2.75. The third kappa shape index (κ3) is 5.97. The Bertz CT molecular complexity index is 1200. The van der Waals surface area contributed by atoms with Gasteiger partial charge in [0.05, 0.1) is 15.2 Å². The van der Waals surface area contributed by atoms with E-state index in [9.17, 15) is 10.1 Å². The predicted molar refractivity (Wildman–Crippen MR) is 128 cm³/mol. The van der Waals surface area contributed by atoms with Gasteiger partial charge in [-0.3, -0.25) is 4.79 Å². The van der Waals surface area contributed by atoms with Gasteiger partial charge in [-0.1, -0.05) is 48.0 Å². The first kappa shape index (κ1) is 22.6. The summed E-state index contributed by atoms with van der Waals surface area (Å²) in [4.78, 5) is 12.5. The van der Waals surface area contributed by atoms with Crippen molar-refractivity contribution in [3.63, 3.8) is 0 Å². The molecule has 3 aromatic carbocycles. The van der Waals surface area contributed by atoms with Gasteiger partial charge >= 0.3 is 0 Å². The molecule has 3 rings (SSSR count). The maximum absolute atomic E-state index is 12.5. The second kappa shape index (κ2) is 10.3. The van der Waals surface area contributed by atoms with Crippen LogP contribution in [0.5, 0.6) is 5.75 Å². The quantitative estimate of drug-likeness (QED) is 0.301. The van der Waals surface area contributed by atoms with Gasteiger partial charge in [0.25, 0.3) is 5.91 Å². The Morgan fingerprint density at radius 1 is 1.13 bits per heavy atom. The first-order valence-electron chi connectivity index (χ1n) is 9.53. The van der Waals surface area contributed by atoms with Crippen molar-refractivity contribution in [2.24, 2.45) is 0 Å². The van der Waals surface area contributed by atoms with Crippen LogP contribution in [-0.4, -0.2) is 5.91 Å². The smallest absolute Gasteiger partial charge is 0.266 e. The second-order valence-electron chi connectivity index (χ2n) is 7.00. The van der Waals surface area contributed by atoms with E-state index in [2.05, 4.69) is 47.2 Å². The van der Waals surface area contributed by atoms with Crippen molar-refractivity contribution < 1.29 is 9.53 Å². The van der Waals surface area contributed by atoms with Crippen LogP contribution < -0.4 is 10.1 Å². The number of amides is 1. The Balaban J connectivity index is 1.72. The molecular formula is C25H20BrClN2O2. The third-order valence-electron chi connectivity index (χ3n) is 4.72. The second-order valence-corrected chi connectivity index (χ2v) is 8.26. The van der Waals surface area contributed by atoms with Crippen LogP contribution in [0.1, 0.15) is 22.3 Å². The normalized spacial score (nSPS) is 11.0. The van der Waals surface area contributed by atoms with Crippen LogP contribution >= 0.6 is 27.5 Å². The summed E-state index contributed by atoms with van der Waals surface area (Å²) in [7, 11) is 0. The molecule has 0 unspecified atom stereocenters. The number of halogens is 2. The molecule has 0 radical (unpaired) electrons. The Labute approximate surface area is 195 Å². The highest BCUT2D eigenvalue weighted by atomic mass is 79.9. The van der Waals surface area contributed by atoms with Crippen LogP contribution in [0.3, 0.4) is 0 Å². The minimum atomic E-state index is -0.526. The monoisotopic (exact) mass is 494 g/mol. The van der Waals surface area contributed by atoms with Crippen LogP contribution in [-0.2, 0) is 11.4 Å². The highest BCUT2D eigenvalue weighted by Gasteiger charge is 2.12. The van der Waals surface area contributed by atoms with Gasteiger partial charge in [0.2, 0.25) is 0 Å². The van der Waals surface area contributed by atoms with Gasteiger partial charge in [-0.05, 0) is 82.4 Å². The standard InChI is InChI=1S/C25H20BrClN2O2/c1-16-7-8-19(11-17(16)2)15-31-24-10-9-18(13-21(24)26)12-20(14-28)25(30)29-23-6-4-3-5-22(23)27/h3-13H,15H2,1-2H3,(H,29,30)/b20-12+. The highest BCUT2D eigenvalue weighted by molar-refractivity contribution is 9.10. The van der Waals surface area contributed by atoms with Gasteiger partial charge in [0.15, 0.2) is 0 Å². The molecule has 0 spiro atoms. The van der Waals surface area contributed by atoms with Crippen molar-refractivity contribution in [3.05, 3.63) is 98.0 Å². The van der Waals surface area contributed by atoms with Crippen LogP contribution in [0.2, 0.25) is 5.02 Å². The van der Waals surface area contributed by atoms with E-state index in [1.54, 1.807) is 42.5 Å². The van der Waals surface area contributed by atoms with Gasteiger partial charge in [0.1, 0.15) is 24.0 Å². The number of anilines is 1. The number of aryl methyl sites for hydroxylation is 2. The zero-order valence-corrected chi connectivity index (χ0v) is 19.4. The molecule has 1 amide bonds. The number of hydrogen-bond acceptors (Lipinski definition) is 3. The van der Waals surface area contributed by atoms with E-state index < -0.39 is 5.91 Å². The molecule has 0 atom stereocenters. The lowest BCUT2D eigenvalue weighted by molar-refractivity contribution is -0.112. The summed E-state index contributed by atoms with van der Waals surface area (Å²) in [5.74, 6) is 0.149. The number of para-hydroxylation sites is 1. The summed E-state index contributed by atoms with van der Waals surface area (Å²) in [5, 5.41) is 12.5. The van der Waals surface area contributed by atoms with E-state index in [0.29, 0.717) is 28.6 Å². The van der Waals surface area contributed by atoms with E-state index >= 15 is 0 Å². The molecule has 0 aliphatic heterocycles. The van der Waals surface area contributed by atoms with Gasteiger partial charge in [-0.15, -0.1) is 0 Å².